The molecule has 4 aromatic rings. The molecule has 0 saturated carbocycles. The Balaban J connectivity index is 1.53. The lowest BCUT2D eigenvalue weighted by Gasteiger charge is -2.08. The summed E-state index contributed by atoms with van der Waals surface area (Å²) in [5, 5.41) is 20.5. The quantitative estimate of drug-likeness (QED) is 0.301. The number of nitrogens with zero attached hydrogens (tertiary/aromatic N) is 2. The van der Waals surface area contributed by atoms with Crippen LogP contribution in [0.2, 0.25) is 0 Å². The van der Waals surface area contributed by atoms with E-state index in [0.717, 1.165) is 25.3 Å². The van der Waals surface area contributed by atoms with Gasteiger partial charge in [-0.1, -0.05) is 36.4 Å². The van der Waals surface area contributed by atoms with E-state index < -0.39 is 5.91 Å². The first-order chi connectivity index (χ1) is 14.0. The minimum absolute atomic E-state index is 0.152. The maximum Gasteiger partial charge on any atom is 0.302 e. The zero-order valence-corrected chi connectivity index (χ0v) is 18.4. The van der Waals surface area contributed by atoms with Gasteiger partial charge in [-0.2, -0.15) is 0 Å². The number of H-pyrrole nitrogens is 1. The van der Waals surface area contributed by atoms with Gasteiger partial charge in [0, 0.05) is 9.86 Å². The SMILES string of the molecule is Cc1ccc2[nH]c(O)c(N=NC(=O)COc3ccc4ccccc4c3Br)c2c1Br. The predicted octanol–water partition coefficient (Wildman–Crippen LogP) is 6.55. The Morgan fingerprint density at radius 1 is 1.10 bits per heavy atom. The molecule has 0 spiro atoms. The number of benzene rings is 3. The Morgan fingerprint density at radius 3 is 2.72 bits per heavy atom. The van der Waals surface area contributed by atoms with Crippen molar-refractivity contribution in [3.8, 4) is 11.6 Å². The van der Waals surface area contributed by atoms with Crippen LogP contribution in [0.5, 0.6) is 11.6 Å². The van der Waals surface area contributed by atoms with E-state index in [-0.39, 0.29) is 18.2 Å². The van der Waals surface area contributed by atoms with Crippen LogP contribution in [0.25, 0.3) is 21.7 Å². The van der Waals surface area contributed by atoms with Gasteiger partial charge in [0.15, 0.2) is 12.3 Å². The molecule has 0 atom stereocenters. The van der Waals surface area contributed by atoms with E-state index in [1.165, 1.54) is 0 Å². The molecule has 1 aromatic heterocycles. The monoisotopic (exact) mass is 515 g/mol. The molecule has 0 aliphatic heterocycles. The van der Waals surface area contributed by atoms with Gasteiger partial charge in [0.2, 0.25) is 5.88 Å². The third-order valence-electron chi connectivity index (χ3n) is 4.49. The molecule has 4 rings (SSSR count). The minimum atomic E-state index is -0.567. The van der Waals surface area contributed by atoms with Crippen molar-refractivity contribution in [3.05, 3.63) is 63.0 Å². The Morgan fingerprint density at radius 2 is 1.90 bits per heavy atom. The van der Waals surface area contributed by atoms with Crippen molar-refractivity contribution in [2.24, 2.45) is 10.2 Å². The highest BCUT2D eigenvalue weighted by Gasteiger charge is 2.15. The molecule has 0 bridgehead atoms. The summed E-state index contributed by atoms with van der Waals surface area (Å²) in [6.45, 7) is 1.65. The molecule has 1 amide bonds. The molecule has 0 radical (unpaired) electrons. The number of fused-ring (bicyclic) bond motifs is 2. The van der Waals surface area contributed by atoms with Crippen molar-refractivity contribution < 1.29 is 14.6 Å². The molecule has 8 heteroatoms. The summed E-state index contributed by atoms with van der Waals surface area (Å²) in [5.74, 6) is -0.177. The van der Waals surface area contributed by atoms with Crippen LogP contribution >= 0.6 is 31.9 Å². The Bertz CT molecular complexity index is 1280. The molecule has 3 aromatic carbocycles. The number of nitrogens with one attached hydrogen (secondary N) is 1. The number of aromatic hydroxyl groups is 1. The molecular formula is C21H15Br2N3O3. The van der Waals surface area contributed by atoms with Gasteiger partial charge in [-0.25, -0.2) is 0 Å². The highest BCUT2D eigenvalue weighted by Crippen LogP contribution is 2.41. The van der Waals surface area contributed by atoms with Crippen molar-refractivity contribution in [1.82, 2.24) is 4.98 Å². The number of amides is 1. The zero-order chi connectivity index (χ0) is 20.5. The predicted molar refractivity (Wildman–Crippen MR) is 119 cm³/mol. The van der Waals surface area contributed by atoms with Crippen LogP contribution in [-0.4, -0.2) is 22.6 Å². The summed E-state index contributed by atoms with van der Waals surface area (Å²) in [4.78, 5) is 15.0. The van der Waals surface area contributed by atoms with Crippen molar-refractivity contribution in [2.45, 2.75) is 6.92 Å². The Hall–Kier alpha value is -2.71. The fourth-order valence-corrected chi connectivity index (χ4v) is 4.16. The molecule has 2 N–H and O–H groups in total. The maximum absolute atomic E-state index is 12.2. The zero-order valence-electron chi connectivity index (χ0n) is 15.2. The first-order valence-corrected chi connectivity index (χ1v) is 10.3. The second-order valence-electron chi connectivity index (χ2n) is 6.42. The number of aromatic amines is 1. The highest BCUT2D eigenvalue weighted by atomic mass is 79.9. The Labute approximate surface area is 182 Å². The van der Waals surface area contributed by atoms with Gasteiger partial charge >= 0.3 is 5.91 Å². The van der Waals surface area contributed by atoms with Crippen LogP contribution in [0.1, 0.15) is 5.56 Å². The first kappa shape index (κ1) is 19.6. The van der Waals surface area contributed by atoms with E-state index in [1.807, 2.05) is 49.4 Å². The number of hydrogen-bond donors (Lipinski definition) is 2. The van der Waals surface area contributed by atoms with Crippen molar-refractivity contribution >= 4 is 65.1 Å². The van der Waals surface area contributed by atoms with Crippen LogP contribution in [0.4, 0.5) is 5.69 Å². The first-order valence-electron chi connectivity index (χ1n) is 8.70. The van der Waals surface area contributed by atoms with Gasteiger partial charge < -0.3 is 14.8 Å². The number of halogens is 2. The fourth-order valence-electron chi connectivity index (χ4n) is 3.02. The van der Waals surface area contributed by atoms with E-state index in [1.54, 1.807) is 6.07 Å². The molecule has 6 nitrogen and oxygen atoms in total. The number of carbonyl (C=O) groups excluding carboxylic acids is 1. The van der Waals surface area contributed by atoms with Gasteiger partial charge in [0.1, 0.15) is 5.75 Å². The van der Waals surface area contributed by atoms with Gasteiger partial charge in [-0.15, -0.1) is 10.2 Å². The molecule has 1 heterocycles. The molecule has 0 fully saturated rings. The molecule has 0 aliphatic carbocycles. The summed E-state index contributed by atoms with van der Waals surface area (Å²) in [6, 6.07) is 15.3. The number of aromatic nitrogens is 1. The second-order valence-corrected chi connectivity index (χ2v) is 8.01. The van der Waals surface area contributed by atoms with E-state index in [4.69, 9.17) is 4.74 Å². The Kier molecular flexibility index (Phi) is 5.38. The number of carbonyl (C=O) groups is 1. The average Bonchev–Trinajstić information content (AvgIpc) is 3.04. The molecule has 0 aliphatic rings. The third kappa shape index (κ3) is 3.77. The standard InChI is InChI=1S/C21H15Br2N3O3/c1-11-6-8-14-17(18(11)22)20(21(28)24-14)26-25-16(27)10-29-15-9-7-12-4-2-3-5-13(12)19(15)23/h2-9,24,28H,10H2,1H3. The lowest BCUT2D eigenvalue weighted by molar-refractivity contribution is -0.120. The van der Waals surface area contributed by atoms with E-state index in [9.17, 15) is 9.90 Å². The average molecular weight is 517 g/mol. The summed E-state index contributed by atoms with van der Waals surface area (Å²) in [7, 11) is 0. The fraction of sp³-hybridized carbons (Fsp3) is 0.0952. The summed E-state index contributed by atoms with van der Waals surface area (Å²) < 4.78 is 7.16. The largest absolute Gasteiger partial charge is 0.493 e. The lowest BCUT2D eigenvalue weighted by Crippen LogP contribution is -2.08. The smallest absolute Gasteiger partial charge is 0.302 e. The second kappa shape index (κ2) is 7.96. The van der Waals surface area contributed by atoms with Crippen LogP contribution in [0.15, 0.2) is 67.7 Å². The van der Waals surface area contributed by atoms with E-state index in [2.05, 4.69) is 47.1 Å². The van der Waals surface area contributed by atoms with Crippen LogP contribution < -0.4 is 4.74 Å². The van der Waals surface area contributed by atoms with Gasteiger partial charge in [-0.3, -0.25) is 4.79 Å². The van der Waals surface area contributed by atoms with E-state index >= 15 is 0 Å². The van der Waals surface area contributed by atoms with Crippen LogP contribution in [0, 0.1) is 6.92 Å². The summed E-state index contributed by atoms with van der Waals surface area (Å²) >= 11 is 7.01. The van der Waals surface area contributed by atoms with Gasteiger partial charge in [0.05, 0.1) is 9.99 Å². The summed E-state index contributed by atoms with van der Waals surface area (Å²) in [6.07, 6.45) is 0. The molecule has 146 valence electrons. The minimum Gasteiger partial charge on any atom is -0.493 e. The molecule has 0 saturated heterocycles. The number of azo groups is 1. The van der Waals surface area contributed by atoms with Crippen molar-refractivity contribution in [3.63, 3.8) is 0 Å². The van der Waals surface area contributed by atoms with Gasteiger partial charge in [0.25, 0.3) is 0 Å². The topological polar surface area (TPSA) is 87.0 Å². The lowest BCUT2D eigenvalue weighted by atomic mass is 10.1. The number of aryl methyl sites for hydroxylation is 1. The van der Waals surface area contributed by atoms with Crippen LogP contribution in [-0.2, 0) is 4.79 Å². The highest BCUT2D eigenvalue weighted by molar-refractivity contribution is 9.11. The third-order valence-corrected chi connectivity index (χ3v) is 6.33. The number of ether oxygens (including phenoxy) is 1. The normalized spacial score (nSPS) is 11.6. The van der Waals surface area contributed by atoms with Crippen molar-refractivity contribution in [1.29, 1.82) is 0 Å². The number of rotatable bonds is 4. The van der Waals surface area contributed by atoms with Crippen molar-refractivity contribution in [2.75, 3.05) is 6.61 Å². The van der Waals surface area contributed by atoms with Crippen LogP contribution in [0.3, 0.4) is 0 Å². The van der Waals surface area contributed by atoms with E-state index in [0.29, 0.717) is 16.7 Å². The molecular weight excluding hydrogens is 502 g/mol. The molecule has 29 heavy (non-hydrogen) atoms. The summed E-state index contributed by atoms with van der Waals surface area (Å²) in [5.41, 5.74) is 1.87. The number of hydrogen-bond acceptors (Lipinski definition) is 4. The van der Waals surface area contributed by atoms with Gasteiger partial charge in [-0.05, 0) is 67.3 Å². The maximum atomic E-state index is 12.2. The molecule has 0 unspecified atom stereocenters.